The number of carbonyl (C=O) groups excluding carboxylic acids is 1. The van der Waals surface area contributed by atoms with E-state index < -0.39 is 11.4 Å². The standard InChI is InChI=1S/C16H21N3O3S/c1-4-16(5-2,14(21)22)10-17-13(20)12-11-8-6-7-9-19(11)15(18-12)23-3/h6-9H,4-5,10H2,1-3H3,(H,17,20)(H,21,22). The molecule has 0 aliphatic rings. The molecule has 6 nitrogen and oxygen atoms in total. The van der Waals surface area contributed by atoms with Gasteiger partial charge in [0.1, 0.15) is 0 Å². The zero-order valence-corrected chi connectivity index (χ0v) is 14.3. The number of hydrogen-bond donors (Lipinski definition) is 2. The van der Waals surface area contributed by atoms with Gasteiger partial charge in [0.15, 0.2) is 10.9 Å². The highest BCUT2D eigenvalue weighted by Gasteiger charge is 2.35. The second-order valence-corrected chi connectivity index (χ2v) is 6.15. The van der Waals surface area contributed by atoms with Crippen LogP contribution in [0.5, 0.6) is 0 Å². The van der Waals surface area contributed by atoms with E-state index in [1.54, 1.807) is 0 Å². The molecule has 0 spiro atoms. The fourth-order valence-electron chi connectivity index (χ4n) is 2.53. The number of carbonyl (C=O) groups is 2. The Labute approximate surface area is 139 Å². The minimum Gasteiger partial charge on any atom is -0.481 e. The van der Waals surface area contributed by atoms with Crippen LogP contribution in [0.15, 0.2) is 29.6 Å². The molecule has 0 unspecified atom stereocenters. The van der Waals surface area contributed by atoms with Gasteiger partial charge in [-0.1, -0.05) is 31.7 Å². The Bertz CT molecular complexity index is 722. The Balaban J connectivity index is 2.26. The summed E-state index contributed by atoms with van der Waals surface area (Å²) in [5, 5.41) is 12.9. The number of pyridine rings is 1. The second kappa shape index (κ2) is 7.04. The maximum Gasteiger partial charge on any atom is 0.311 e. The highest BCUT2D eigenvalue weighted by molar-refractivity contribution is 7.98. The summed E-state index contributed by atoms with van der Waals surface area (Å²) in [6.07, 6.45) is 4.66. The van der Waals surface area contributed by atoms with Gasteiger partial charge in [-0.25, -0.2) is 4.98 Å². The molecule has 0 radical (unpaired) electrons. The largest absolute Gasteiger partial charge is 0.481 e. The maximum atomic E-state index is 12.5. The number of aliphatic carboxylic acids is 1. The first-order valence-corrected chi connectivity index (χ1v) is 8.74. The van der Waals surface area contributed by atoms with Crippen LogP contribution in [0.25, 0.3) is 5.52 Å². The number of rotatable bonds is 7. The van der Waals surface area contributed by atoms with E-state index in [2.05, 4.69) is 10.3 Å². The lowest BCUT2D eigenvalue weighted by atomic mass is 9.82. The summed E-state index contributed by atoms with van der Waals surface area (Å²) in [6, 6.07) is 5.54. The van der Waals surface area contributed by atoms with Crippen molar-refractivity contribution in [3.63, 3.8) is 0 Å². The van der Waals surface area contributed by atoms with Crippen LogP contribution in [0, 0.1) is 5.41 Å². The number of thioether (sulfide) groups is 1. The van der Waals surface area contributed by atoms with Gasteiger partial charge < -0.3 is 10.4 Å². The normalized spacial score (nSPS) is 11.6. The van der Waals surface area contributed by atoms with Gasteiger partial charge in [-0.15, -0.1) is 0 Å². The molecule has 2 aromatic rings. The summed E-state index contributed by atoms with van der Waals surface area (Å²) < 4.78 is 1.85. The van der Waals surface area contributed by atoms with Gasteiger partial charge in [0, 0.05) is 12.7 Å². The minimum atomic E-state index is -0.937. The van der Waals surface area contributed by atoms with Gasteiger partial charge in [0.2, 0.25) is 0 Å². The first-order chi connectivity index (χ1) is 11.0. The van der Waals surface area contributed by atoms with Crippen molar-refractivity contribution in [3.8, 4) is 0 Å². The number of nitrogens with zero attached hydrogens (tertiary/aromatic N) is 2. The number of nitrogens with one attached hydrogen (secondary N) is 1. The fourth-order valence-corrected chi connectivity index (χ4v) is 3.07. The molecular weight excluding hydrogens is 314 g/mol. The van der Waals surface area contributed by atoms with Crippen molar-refractivity contribution in [3.05, 3.63) is 30.1 Å². The third-order valence-corrected chi connectivity index (χ3v) is 4.96. The van der Waals surface area contributed by atoms with Crippen molar-refractivity contribution in [1.82, 2.24) is 14.7 Å². The average Bonchev–Trinajstić information content (AvgIpc) is 2.94. The fraction of sp³-hybridized carbons (Fsp3) is 0.438. The van der Waals surface area contributed by atoms with Crippen molar-refractivity contribution >= 4 is 29.2 Å². The Morgan fingerprint density at radius 3 is 2.61 bits per heavy atom. The second-order valence-electron chi connectivity index (χ2n) is 5.38. The third kappa shape index (κ3) is 3.19. The Morgan fingerprint density at radius 1 is 1.35 bits per heavy atom. The van der Waals surface area contributed by atoms with Crippen LogP contribution in [0.4, 0.5) is 0 Å². The van der Waals surface area contributed by atoms with Crippen molar-refractivity contribution in [2.24, 2.45) is 5.41 Å². The summed E-state index contributed by atoms with van der Waals surface area (Å²) in [5.41, 5.74) is 0.0952. The van der Waals surface area contributed by atoms with E-state index in [1.165, 1.54) is 11.8 Å². The van der Waals surface area contributed by atoms with Gasteiger partial charge >= 0.3 is 5.97 Å². The van der Waals surface area contributed by atoms with Crippen LogP contribution in [0.3, 0.4) is 0 Å². The van der Waals surface area contributed by atoms with E-state index in [4.69, 9.17) is 0 Å². The number of carboxylic acid groups (broad SMARTS) is 1. The molecule has 2 N–H and O–H groups in total. The molecule has 23 heavy (non-hydrogen) atoms. The van der Waals surface area contributed by atoms with Crippen LogP contribution < -0.4 is 5.32 Å². The molecule has 2 rings (SSSR count). The van der Waals surface area contributed by atoms with E-state index in [1.807, 2.05) is 48.9 Å². The molecule has 0 aliphatic heterocycles. The van der Waals surface area contributed by atoms with Crippen molar-refractivity contribution in [2.45, 2.75) is 31.8 Å². The van der Waals surface area contributed by atoms with Gasteiger partial charge in [-0.05, 0) is 31.2 Å². The van der Waals surface area contributed by atoms with E-state index in [9.17, 15) is 14.7 Å². The topological polar surface area (TPSA) is 83.7 Å². The summed E-state index contributed by atoms with van der Waals surface area (Å²) in [5.74, 6) is -1.23. The van der Waals surface area contributed by atoms with Crippen LogP contribution >= 0.6 is 11.8 Å². The number of hydrogen-bond acceptors (Lipinski definition) is 4. The van der Waals surface area contributed by atoms with Crippen molar-refractivity contribution < 1.29 is 14.7 Å². The molecule has 0 bridgehead atoms. The van der Waals surface area contributed by atoms with Crippen molar-refractivity contribution in [2.75, 3.05) is 12.8 Å². The zero-order valence-electron chi connectivity index (χ0n) is 13.5. The van der Waals surface area contributed by atoms with Crippen molar-refractivity contribution in [1.29, 1.82) is 0 Å². The quantitative estimate of drug-likeness (QED) is 0.760. The molecule has 124 valence electrons. The molecule has 1 amide bonds. The molecular formula is C16H21N3O3S. The molecule has 0 aromatic carbocycles. The lowest BCUT2D eigenvalue weighted by Crippen LogP contribution is -2.42. The monoisotopic (exact) mass is 335 g/mol. The summed E-state index contributed by atoms with van der Waals surface area (Å²) in [6.45, 7) is 3.73. The predicted octanol–water partition coefficient (Wildman–Crippen LogP) is 2.68. The van der Waals surface area contributed by atoms with Gasteiger partial charge in [0.05, 0.1) is 10.9 Å². The number of carboxylic acids is 1. The molecule has 0 atom stereocenters. The van der Waals surface area contributed by atoms with Crippen LogP contribution in [0.2, 0.25) is 0 Å². The number of amides is 1. The predicted molar refractivity (Wildman–Crippen MR) is 90.0 cm³/mol. The van der Waals surface area contributed by atoms with Crippen LogP contribution in [-0.4, -0.2) is 39.2 Å². The van der Waals surface area contributed by atoms with Crippen LogP contribution in [-0.2, 0) is 4.79 Å². The lowest BCUT2D eigenvalue weighted by Gasteiger charge is -2.26. The van der Waals surface area contributed by atoms with E-state index in [0.29, 0.717) is 24.1 Å². The Hall–Kier alpha value is -2.02. The lowest BCUT2D eigenvalue weighted by molar-refractivity contribution is -0.149. The third-order valence-electron chi connectivity index (χ3n) is 4.31. The first kappa shape index (κ1) is 17.3. The molecule has 0 aliphatic carbocycles. The van der Waals surface area contributed by atoms with Gasteiger partial charge in [-0.2, -0.15) is 0 Å². The maximum absolute atomic E-state index is 12.5. The number of fused-ring (bicyclic) bond motifs is 1. The summed E-state index contributed by atoms with van der Waals surface area (Å²) in [4.78, 5) is 28.4. The summed E-state index contributed by atoms with van der Waals surface area (Å²) >= 11 is 1.45. The molecule has 7 heteroatoms. The van der Waals surface area contributed by atoms with E-state index in [0.717, 1.165) is 5.16 Å². The molecule has 0 saturated heterocycles. The van der Waals surface area contributed by atoms with E-state index >= 15 is 0 Å². The van der Waals surface area contributed by atoms with Gasteiger partial charge in [-0.3, -0.25) is 14.0 Å². The number of aromatic nitrogens is 2. The Kier molecular flexibility index (Phi) is 5.30. The highest BCUT2D eigenvalue weighted by Crippen LogP contribution is 2.26. The molecule has 0 saturated carbocycles. The number of imidazole rings is 1. The molecule has 0 fully saturated rings. The first-order valence-electron chi connectivity index (χ1n) is 7.51. The smallest absolute Gasteiger partial charge is 0.311 e. The SMILES string of the molecule is CCC(CC)(CNC(=O)c1nc(SC)n2ccccc12)C(=O)O. The average molecular weight is 335 g/mol. The molecule has 2 heterocycles. The van der Waals surface area contributed by atoms with Crippen LogP contribution in [0.1, 0.15) is 37.2 Å². The highest BCUT2D eigenvalue weighted by atomic mass is 32.2. The van der Waals surface area contributed by atoms with Gasteiger partial charge in [0.25, 0.3) is 5.91 Å². The Morgan fingerprint density at radius 2 is 2.04 bits per heavy atom. The van der Waals surface area contributed by atoms with E-state index in [-0.39, 0.29) is 12.5 Å². The zero-order chi connectivity index (χ0) is 17.0. The minimum absolute atomic E-state index is 0.0919. The molecule has 2 aromatic heterocycles. The summed E-state index contributed by atoms with van der Waals surface area (Å²) in [7, 11) is 0.